The van der Waals surface area contributed by atoms with Crippen LogP contribution >= 0.6 is 0 Å². The third-order valence-corrected chi connectivity index (χ3v) is 4.36. The maximum atomic E-state index is 14.0. The molecule has 2 aromatic heterocycles. The fourth-order valence-electron chi connectivity index (χ4n) is 2.98. The van der Waals surface area contributed by atoms with Crippen LogP contribution in [-0.4, -0.2) is 46.1 Å². The largest absolute Gasteiger partial charge is 0.378 e. The van der Waals surface area contributed by atoms with Gasteiger partial charge in [0.1, 0.15) is 11.5 Å². The van der Waals surface area contributed by atoms with Gasteiger partial charge in [-0.2, -0.15) is 0 Å². The standard InChI is InChI=1S/C18H18FN5O2/c1-12-13(11-20-18(21-12)23-6-8-26-9-7-23)15-10-17(25)24(22-15)16-5-3-2-4-14(16)19/h2-5,10-11,22H,6-9H2,1H3. The molecule has 3 aromatic rings. The Morgan fingerprint density at radius 1 is 1.23 bits per heavy atom. The summed E-state index contributed by atoms with van der Waals surface area (Å²) in [5, 5.41) is 2.95. The first kappa shape index (κ1) is 16.5. The van der Waals surface area contributed by atoms with Gasteiger partial charge in [0.25, 0.3) is 5.56 Å². The molecule has 0 atom stereocenters. The number of aryl methyl sites for hydroxylation is 1. The summed E-state index contributed by atoms with van der Waals surface area (Å²) in [5.41, 5.74) is 1.82. The van der Waals surface area contributed by atoms with Crippen molar-refractivity contribution in [3.8, 4) is 16.9 Å². The number of hydrogen-bond donors (Lipinski definition) is 1. The van der Waals surface area contributed by atoms with Crippen LogP contribution < -0.4 is 10.5 Å². The van der Waals surface area contributed by atoms with Crippen LogP contribution in [0.3, 0.4) is 0 Å². The molecule has 3 heterocycles. The minimum Gasteiger partial charge on any atom is -0.378 e. The van der Waals surface area contributed by atoms with Crippen molar-refractivity contribution in [1.29, 1.82) is 0 Å². The van der Waals surface area contributed by atoms with Gasteiger partial charge in [-0.1, -0.05) is 12.1 Å². The van der Waals surface area contributed by atoms with E-state index in [1.54, 1.807) is 24.4 Å². The number of ether oxygens (including phenoxy) is 1. The van der Waals surface area contributed by atoms with Gasteiger partial charge in [0.15, 0.2) is 0 Å². The number of benzene rings is 1. The maximum absolute atomic E-state index is 14.0. The molecule has 0 aliphatic carbocycles. The zero-order valence-electron chi connectivity index (χ0n) is 14.3. The maximum Gasteiger partial charge on any atom is 0.271 e. The van der Waals surface area contributed by atoms with Crippen LogP contribution in [0.15, 0.2) is 41.3 Å². The van der Waals surface area contributed by atoms with Gasteiger partial charge >= 0.3 is 0 Å². The topological polar surface area (TPSA) is 76.0 Å². The van der Waals surface area contributed by atoms with Gasteiger partial charge in [-0.25, -0.2) is 19.0 Å². The Kier molecular flexibility index (Phi) is 4.26. The number of aromatic nitrogens is 4. The molecule has 1 saturated heterocycles. The summed E-state index contributed by atoms with van der Waals surface area (Å²) in [5.74, 6) is 0.170. The number of H-pyrrole nitrogens is 1. The predicted molar refractivity (Wildman–Crippen MR) is 95.1 cm³/mol. The van der Waals surface area contributed by atoms with Gasteiger partial charge in [-0.15, -0.1) is 0 Å². The summed E-state index contributed by atoms with van der Waals surface area (Å²) in [6, 6.07) is 7.54. The van der Waals surface area contributed by atoms with Crippen molar-refractivity contribution in [3.05, 3.63) is 58.4 Å². The van der Waals surface area contributed by atoms with Crippen LogP contribution in [0.1, 0.15) is 5.69 Å². The van der Waals surface area contributed by atoms with E-state index in [1.807, 2.05) is 6.92 Å². The van der Waals surface area contributed by atoms with Crippen molar-refractivity contribution in [3.63, 3.8) is 0 Å². The zero-order valence-corrected chi connectivity index (χ0v) is 14.3. The molecule has 1 aliphatic rings. The van der Waals surface area contributed by atoms with Gasteiger partial charge in [0, 0.05) is 30.9 Å². The first-order valence-corrected chi connectivity index (χ1v) is 8.37. The second kappa shape index (κ2) is 6.72. The molecule has 0 radical (unpaired) electrons. The van der Waals surface area contributed by atoms with E-state index in [0.717, 1.165) is 18.8 Å². The molecule has 1 N–H and O–H groups in total. The molecule has 0 saturated carbocycles. The van der Waals surface area contributed by atoms with Crippen LogP contribution in [0, 0.1) is 12.7 Å². The van der Waals surface area contributed by atoms with Crippen LogP contribution in [0.2, 0.25) is 0 Å². The average molecular weight is 355 g/mol. The van der Waals surface area contributed by atoms with Gasteiger partial charge < -0.3 is 9.64 Å². The van der Waals surface area contributed by atoms with Crippen molar-refractivity contribution in [1.82, 2.24) is 19.7 Å². The van der Waals surface area contributed by atoms with Crippen LogP contribution in [-0.2, 0) is 4.74 Å². The van der Waals surface area contributed by atoms with E-state index in [2.05, 4.69) is 20.0 Å². The number of nitrogens with one attached hydrogen (secondary N) is 1. The molecule has 26 heavy (non-hydrogen) atoms. The van der Waals surface area contributed by atoms with Gasteiger partial charge in [-0.05, 0) is 19.1 Å². The van der Waals surface area contributed by atoms with Crippen LogP contribution in [0.4, 0.5) is 10.3 Å². The van der Waals surface area contributed by atoms with E-state index in [0.29, 0.717) is 30.4 Å². The molecule has 4 rings (SSSR count). The second-order valence-corrected chi connectivity index (χ2v) is 6.06. The lowest BCUT2D eigenvalue weighted by Crippen LogP contribution is -2.37. The molecule has 0 spiro atoms. The minimum atomic E-state index is -0.473. The first-order chi connectivity index (χ1) is 12.6. The number of para-hydroxylation sites is 1. The number of halogens is 1. The van der Waals surface area contributed by atoms with Crippen molar-refractivity contribution in [2.75, 3.05) is 31.2 Å². The Morgan fingerprint density at radius 2 is 2.00 bits per heavy atom. The fourth-order valence-corrected chi connectivity index (χ4v) is 2.98. The Bertz CT molecular complexity index is 991. The first-order valence-electron chi connectivity index (χ1n) is 8.37. The minimum absolute atomic E-state index is 0.173. The molecule has 8 heteroatoms. The summed E-state index contributed by atoms with van der Waals surface area (Å²) in [6.07, 6.45) is 1.68. The van der Waals surface area contributed by atoms with Crippen molar-refractivity contribution in [2.45, 2.75) is 6.92 Å². The summed E-state index contributed by atoms with van der Waals surface area (Å²) in [6.45, 7) is 4.67. The molecule has 1 aliphatic heterocycles. The number of hydrogen-bond acceptors (Lipinski definition) is 5. The number of morpholine rings is 1. The van der Waals surface area contributed by atoms with Crippen molar-refractivity contribution in [2.24, 2.45) is 0 Å². The van der Waals surface area contributed by atoms with E-state index in [1.165, 1.54) is 16.8 Å². The Balaban J connectivity index is 1.69. The van der Waals surface area contributed by atoms with E-state index in [9.17, 15) is 9.18 Å². The number of rotatable bonds is 3. The Labute approximate surface area is 149 Å². The van der Waals surface area contributed by atoms with Crippen LogP contribution in [0.25, 0.3) is 16.9 Å². The molecule has 1 aromatic carbocycles. The lowest BCUT2D eigenvalue weighted by molar-refractivity contribution is 0.122. The van der Waals surface area contributed by atoms with Crippen LogP contribution in [0.5, 0.6) is 0 Å². The van der Waals surface area contributed by atoms with Gasteiger partial charge in [0.05, 0.1) is 24.6 Å². The third-order valence-electron chi connectivity index (χ3n) is 4.36. The molecule has 0 amide bonds. The third kappa shape index (κ3) is 2.99. The highest BCUT2D eigenvalue weighted by Crippen LogP contribution is 2.22. The van der Waals surface area contributed by atoms with Crippen molar-refractivity contribution >= 4 is 5.95 Å². The van der Waals surface area contributed by atoms with Gasteiger partial charge in [-0.3, -0.25) is 9.89 Å². The highest BCUT2D eigenvalue weighted by molar-refractivity contribution is 5.61. The highest BCUT2D eigenvalue weighted by atomic mass is 19.1. The Morgan fingerprint density at radius 3 is 2.73 bits per heavy atom. The molecule has 0 bridgehead atoms. The highest BCUT2D eigenvalue weighted by Gasteiger charge is 2.17. The second-order valence-electron chi connectivity index (χ2n) is 6.06. The summed E-state index contributed by atoms with van der Waals surface area (Å²) < 4.78 is 20.5. The number of aromatic amines is 1. The summed E-state index contributed by atoms with van der Waals surface area (Å²) in [4.78, 5) is 23.3. The SMILES string of the molecule is Cc1nc(N2CCOCC2)ncc1-c1cc(=O)n(-c2ccccc2F)[nH]1. The smallest absolute Gasteiger partial charge is 0.271 e. The normalized spacial score (nSPS) is 14.6. The lowest BCUT2D eigenvalue weighted by atomic mass is 10.2. The Hall–Kier alpha value is -3.00. The molecule has 7 nitrogen and oxygen atoms in total. The summed E-state index contributed by atoms with van der Waals surface area (Å²) in [7, 11) is 0. The predicted octanol–water partition coefficient (Wildman–Crippen LogP) is 1.91. The monoisotopic (exact) mass is 355 g/mol. The average Bonchev–Trinajstić information content (AvgIpc) is 3.04. The van der Waals surface area contributed by atoms with E-state index in [-0.39, 0.29) is 11.2 Å². The number of nitrogens with zero attached hydrogens (tertiary/aromatic N) is 4. The molecule has 134 valence electrons. The summed E-state index contributed by atoms with van der Waals surface area (Å²) >= 11 is 0. The fraction of sp³-hybridized carbons (Fsp3) is 0.278. The van der Waals surface area contributed by atoms with E-state index < -0.39 is 5.82 Å². The molecule has 1 fully saturated rings. The number of anilines is 1. The molecular weight excluding hydrogens is 337 g/mol. The zero-order chi connectivity index (χ0) is 18.1. The molecule has 0 unspecified atom stereocenters. The molecular formula is C18H18FN5O2. The van der Waals surface area contributed by atoms with Crippen molar-refractivity contribution < 1.29 is 9.13 Å². The quantitative estimate of drug-likeness (QED) is 0.777. The van der Waals surface area contributed by atoms with Gasteiger partial charge in [0.2, 0.25) is 5.95 Å². The lowest BCUT2D eigenvalue weighted by Gasteiger charge is -2.27. The van der Waals surface area contributed by atoms with E-state index in [4.69, 9.17) is 4.74 Å². The van der Waals surface area contributed by atoms with E-state index >= 15 is 0 Å².